The van der Waals surface area contributed by atoms with Gasteiger partial charge in [0.05, 0.1) is 16.1 Å². The summed E-state index contributed by atoms with van der Waals surface area (Å²) in [6, 6.07) is 3.04. The van der Waals surface area contributed by atoms with Gasteiger partial charge in [0.25, 0.3) is 0 Å². The summed E-state index contributed by atoms with van der Waals surface area (Å²) in [6.07, 6.45) is 1.73. The third-order valence-electron chi connectivity index (χ3n) is 4.01. The van der Waals surface area contributed by atoms with E-state index >= 15 is 0 Å². The van der Waals surface area contributed by atoms with E-state index in [1.165, 1.54) is 19.5 Å². The number of benzene rings is 1. The molecule has 1 aliphatic rings. The highest BCUT2D eigenvalue weighted by molar-refractivity contribution is 7.89. The van der Waals surface area contributed by atoms with Crippen LogP contribution in [0.1, 0.15) is 12.8 Å². The molecule has 1 aliphatic heterocycles. The topological polar surface area (TPSA) is 64.3 Å². The quantitative estimate of drug-likeness (QED) is 0.834. The van der Waals surface area contributed by atoms with E-state index in [-0.39, 0.29) is 15.6 Å². The van der Waals surface area contributed by atoms with Crippen LogP contribution in [-0.2, 0) is 24.1 Å². The number of fused-ring (bicyclic) bond motifs is 1. The average Bonchev–Trinajstić information content (AvgIpc) is 3.04. The van der Waals surface area contributed by atoms with Gasteiger partial charge >= 0.3 is 5.69 Å². The lowest BCUT2D eigenvalue weighted by atomic mass is 10.3. The van der Waals surface area contributed by atoms with Crippen LogP contribution in [-0.4, -0.2) is 34.9 Å². The smallest absolute Gasteiger partial charge is 0.295 e. The van der Waals surface area contributed by atoms with Crippen LogP contribution < -0.4 is 5.69 Å². The summed E-state index contributed by atoms with van der Waals surface area (Å²) in [5.41, 5.74) is 0.967. The first-order chi connectivity index (χ1) is 9.84. The molecule has 114 valence electrons. The molecule has 6 nitrogen and oxygen atoms in total. The molecule has 0 spiro atoms. The summed E-state index contributed by atoms with van der Waals surface area (Å²) in [5, 5.41) is 0.149. The molecule has 2 aromatic rings. The Hall–Kier alpha value is -1.31. The molecule has 0 atom stereocenters. The van der Waals surface area contributed by atoms with E-state index in [2.05, 4.69) is 0 Å². The lowest BCUT2D eigenvalue weighted by Gasteiger charge is -2.16. The number of aromatic nitrogens is 2. The van der Waals surface area contributed by atoms with Gasteiger partial charge in [-0.15, -0.1) is 0 Å². The molecule has 0 amide bonds. The third kappa shape index (κ3) is 2.11. The van der Waals surface area contributed by atoms with Gasteiger partial charge in [-0.2, -0.15) is 4.31 Å². The van der Waals surface area contributed by atoms with E-state index in [1.807, 2.05) is 0 Å². The second-order valence-corrected chi connectivity index (χ2v) is 7.60. The molecule has 0 bridgehead atoms. The van der Waals surface area contributed by atoms with Crippen LogP contribution in [0.2, 0.25) is 5.02 Å². The highest BCUT2D eigenvalue weighted by Gasteiger charge is 2.30. The van der Waals surface area contributed by atoms with Crippen LogP contribution in [0.15, 0.2) is 21.8 Å². The molecule has 0 saturated carbocycles. The van der Waals surface area contributed by atoms with Gasteiger partial charge in [-0.05, 0) is 25.0 Å². The molecule has 0 aliphatic carbocycles. The fraction of sp³-hybridized carbons (Fsp3) is 0.462. The molecule has 1 saturated heterocycles. The minimum atomic E-state index is -3.60. The summed E-state index contributed by atoms with van der Waals surface area (Å²) >= 11 is 6.17. The Morgan fingerprint density at radius 3 is 2.14 bits per heavy atom. The van der Waals surface area contributed by atoms with Crippen LogP contribution in [0, 0.1) is 0 Å². The van der Waals surface area contributed by atoms with Crippen molar-refractivity contribution in [1.82, 2.24) is 13.4 Å². The van der Waals surface area contributed by atoms with Crippen molar-refractivity contribution < 1.29 is 8.42 Å². The molecule has 3 rings (SSSR count). The van der Waals surface area contributed by atoms with E-state index in [1.54, 1.807) is 20.2 Å². The fourth-order valence-electron chi connectivity index (χ4n) is 2.77. The van der Waals surface area contributed by atoms with Crippen molar-refractivity contribution >= 4 is 32.7 Å². The van der Waals surface area contributed by atoms with Crippen LogP contribution in [0.25, 0.3) is 11.0 Å². The normalized spacial score (nSPS) is 16.9. The first kappa shape index (κ1) is 14.6. The van der Waals surface area contributed by atoms with E-state index in [0.29, 0.717) is 24.1 Å². The molecule has 0 unspecified atom stereocenters. The highest BCUT2D eigenvalue weighted by atomic mass is 35.5. The molecular weight excluding hydrogens is 314 g/mol. The van der Waals surface area contributed by atoms with Crippen LogP contribution in [0.3, 0.4) is 0 Å². The summed E-state index contributed by atoms with van der Waals surface area (Å²) in [4.78, 5) is 12.0. The maximum atomic E-state index is 12.6. The van der Waals surface area contributed by atoms with Crippen LogP contribution in [0.4, 0.5) is 0 Å². The number of nitrogens with zero attached hydrogens (tertiary/aromatic N) is 3. The van der Waals surface area contributed by atoms with Gasteiger partial charge in [0.15, 0.2) is 0 Å². The summed E-state index contributed by atoms with van der Waals surface area (Å²) < 4.78 is 29.6. The van der Waals surface area contributed by atoms with E-state index in [4.69, 9.17) is 11.6 Å². The van der Waals surface area contributed by atoms with Gasteiger partial charge in [-0.3, -0.25) is 9.13 Å². The standard InChI is InChI=1S/C13H16ClN3O3S/c1-15-10-7-9(14)12(8-11(10)16(2)13(15)18)21(19,20)17-5-3-4-6-17/h7-8H,3-6H2,1-2H3. The number of hydrogen-bond acceptors (Lipinski definition) is 3. The fourth-order valence-corrected chi connectivity index (χ4v) is 4.80. The monoisotopic (exact) mass is 329 g/mol. The minimum Gasteiger partial charge on any atom is -0.295 e. The summed E-state index contributed by atoms with van der Waals surface area (Å²) in [6.45, 7) is 1.04. The van der Waals surface area contributed by atoms with E-state index in [9.17, 15) is 13.2 Å². The van der Waals surface area contributed by atoms with Crippen molar-refractivity contribution in [2.45, 2.75) is 17.7 Å². The molecule has 1 aromatic heterocycles. The molecule has 2 heterocycles. The lowest BCUT2D eigenvalue weighted by molar-refractivity contribution is 0.477. The summed E-state index contributed by atoms with van der Waals surface area (Å²) in [5.74, 6) is 0. The molecule has 1 aromatic carbocycles. The first-order valence-electron chi connectivity index (χ1n) is 6.69. The predicted molar refractivity (Wildman–Crippen MR) is 81.2 cm³/mol. The van der Waals surface area contributed by atoms with Crippen molar-refractivity contribution in [2.75, 3.05) is 13.1 Å². The van der Waals surface area contributed by atoms with Gasteiger partial charge in [0.1, 0.15) is 4.90 Å². The maximum Gasteiger partial charge on any atom is 0.328 e. The third-order valence-corrected chi connectivity index (χ3v) is 6.37. The molecule has 0 N–H and O–H groups in total. The molecule has 21 heavy (non-hydrogen) atoms. The largest absolute Gasteiger partial charge is 0.328 e. The second-order valence-electron chi connectivity index (χ2n) is 5.28. The van der Waals surface area contributed by atoms with Gasteiger partial charge in [-0.1, -0.05) is 11.6 Å². The Morgan fingerprint density at radius 1 is 1.05 bits per heavy atom. The maximum absolute atomic E-state index is 12.6. The molecule has 8 heteroatoms. The Bertz CT molecular complexity index is 876. The number of aryl methyl sites for hydroxylation is 2. The van der Waals surface area contributed by atoms with Gasteiger partial charge < -0.3 is 0 Å². The van der Waals surface area contributed by atoms with Crippen molar-refractivity contribution in [1.29, 1.82) is 0 Å². The number of rotatable bonds is 2. The zero-order valence-corrected chi connectivity index (χ0v) is 13.4. The van der Waals surface area contributed by atoms with Crippen molar-refractivity contribution in [3.8, 4) is 0 Å². The Labute approximate surface area is 127 Å². The Kier molecular flexibility index (Phi) is 3.38. The van der Waals surface area contributed by atoms with Gasteiger partial charge in [0, 0.05) is 27.2 Å². The lowest BCUT2D eigenvalue weighted by Crippen LogP contribution is -2.28. The molecular formula is C13H16ClN3O3S. The van der Waals surface area contributed by atoms with Crippen LogP contribution >= 0.6 is 11.6 Å². The molecule has 0 radical (unpaired) electrons. The van der Waals surface area contributed by atoms with Gasteiger partial charge in [-0.25, -0.2) is 13.2 Å². The molecule has 1 fully saturated rings. The predicted octanol–water partition coefficient (Wildman–Crippen LogP) is 1.31. The summed E-state index contributed by atoms with van der Waals surface area (Å²) in [7, 11) is -0.354. The highest BCUT2D eigenvalue weighted by Crippen LogP contribution is 2.30. The average molecular weight is 330 g/mol. The second kappa shape index (κ2) is 4.86. The van der Waals surface area contributed by atoms with Crippen molar-refractivity contribution in [2.24, 2.45) is 14.1 Å². The number of imidazole rings is 1. The number of halogens is 1. The van der Waals surface area contributed by atoms with Gasteiger partial charge in [0.2, 0.25) is 10.0 Å². The SMILES string of the molecule is Cn1c(=O)n(C)c2cc(S(=O)(=O)N3CCCC3)c(Cl)cc21. The Morgan fingerprint density at radius 2 is 1.57 bits per heavy atom. The van der Waals surface area contributed by atoms with E-state index < -0.39 is 10.0 Å². The first-order valence-corrected chi connectivity index (χ1v) is 8.51. The minimum absolute atomic E-state index is 0.0692. The Balaban J connectivity index is 2.26. The zero-order chi connectivity index (χ0) is 15.4. The zero-order valence-electron chi connectivity index (χ0n) is 11.8. The van der Waals surface area contributed by atoms with Crippen LogP contribution in [0.5, 0.6) is 0 Å². The number of sulfonamides is 1. The number of hydrogen-bond donors (Lipinski definition) is 0. The van der Waals surface area contributed by atoms with Crippen molar-refractivity contribution in [3.63, 3.8) is 0 Å². The van der Waals surface area contributed by atoms with Crippen molar-refractivity contribution in [3.05, 3.63) is 27.6 Å². The van der Waals surface area contributed by atoms with E-state index in [0.717, 1.165) is 12.8 Å².